The van der Waals surface area contributed by atoms with Crippen molar-refractivity contribution >= 4 is 12.1 Å². The minimum Gasteiger partial charge on any atom is -0.432 e. The van der Waals surface area contributed by atoms with Gasteiger partial charge in [0.2, 0.25) is 0 Å². The predicted molar refractivity (Wildman–Crippen MR) is 132 cm³/mol. The molecular weight excluding hydrogens is 432 g/mol. The third-order valence-corrected chi connectivity index (χ3v) is 5.63. The van der Waals surface area contributed by atoms with Crippen molar-refractivity contribution < 1.29 is 29.1 Å². The van der Waals surface area contributed by atoms with E-state index in [1.54, 1.807) is 18.2 Å². The molecule has 6 nitrogen and oxygen atoms in total. The predicted octanol–water partition coefficient (Wildman–Crippen LogP) is 8.21. The van der Waals surface area contributed by atoms with E-state index in [2.05, 4.69) is 21.7 Å². The summed E-state index contributed by atoms with van der Waals surface area (Å²) in [6, 6.07) is 16.5. The fourth-order valence-electron chi connectivity index (χ4n) is 3.70. The summed E-state index contributed by atoms with van der Waals surface area (Å²) in [6.45, 7) is 2.49. The Labute approximate surface area is 203 Å². The molecule has 2 aromatic carbocycles. The van der Waals surface area contributed by atoms with E-state index in [1.807, 2.05) is 36.4 Å². The maximum absolute atomic E-state index is 12.1. The van der Waals surface area contributed by atoms with E-state index in [0.29, 0.717) is 0 Å². The molecule has 0 saturated carbocycles. The van der Waals surface area contributed by atoms with E-state index in [-0.39, 0.29) is 12.2 Å². The Balaban J connectivity index is 1.47. The van der Waals surface area contributed by atoms with E-state index in [9.17, 15) is 9.59 Å². The number of hydrogen-bond acceptors (Lipinski definition) is 6. The van der Waals surface area contributed by atoms with Gasteiger partial charge in [0, 0.05) is 0 Å². The van der Waals surface area contributed by atoms with Crippen molar-refractivity contribution in [3.8, 4) is 11.1 Å². The summed E-state index contributed by atoms with van der Waals surface area (Å²) in [5.74, 6) is -0.772. The van der Waals surface area contributed by atoms with Crippen molar-refractivity contribution in [3.63, 3.8) is 0 Å². The molecule has 0 spiro atoms. The second-order valence-corrected chi connectivity index (χ2v) is 8.46. The molecule has 2 aromatic rings. The summed E-state index contributed by atoms with van der Waals surface area (Å²) in [5, 5.41) is 4.30. The van der Waals surface area contributed by atoms with Crippen LogP contribution in [-0.4, -0.2) is 18.7 Å². The molecule has 0 N–H and O–H groups in total. The van der Waals surface area contributed by atoms with Gasteiger partial charge in [-0.3, -0.25) is 4.89 Å². The second-order valence-electron chi connectivity index (χ2n) is 8.46. The summed E-state index contributed by atoms with van der Waals surface area (Å²) < 4.78 is 4.92. The summed E-state index contributed by atoms with van der Waals surface area (Å²) in [4.78, 5) is 32.6. The first kappa shape index (κ1) is 27.4. The van der Waals surface area contributed by atoms with Crippen LogP contribution in [0.5, 0.6) is 0 Å². The number of carbonyl (C=O) groups excluding carboxylic acids is 2. The Morgan fingerprint density at radius 1 is 0.647 bits per heavy atom. The van der Waals surface area contributed by atoms with Crippen molar-refractivity contribution in [1.29, 1.82) is 0 Å². The molecule has 0 aliphatic rings. The average molecular weight is 471 g/mol. The minimum absolute atomic E-state index is 0.243. The fraction of sp³-hybridized carbons (Fsp3) is 0.500. The van der Waals surface area contributed by atoms with Gasteiger partial charge in [0.05, 0.1) is 17.2 Å². The van der Waals surface area contributed by atoms with Crippen LogP contribution in [0.3, 0.4) is 0 Å². The zero-order valence-corrected chi connectivity index (χ0v) is 20.3. The molecule has 0 saturated heterocycles. The van der Waals surface area contributed by atoms with Gasteiger partial charge < -0.3 is 4.74 Å². The number of ether oxygens (including phenoxy) is 1. The standard InChI is InChI=1S/C28H38O6/c1-2-3-4-5-6-7-8-9-10-11-12-16-22-31-28(30)33-34-32-27(29)26-21-17-20-25(23-26)24-18-14-13-15-19-24/h13-15,17-21,23H,2-12,16,22H2,1H3. The fourth-order valence-corrected chi connectivity index (χ4v) is 3.70. The van der Waals surface area contributed by atoms with Crippen molar-refractivity contribution in [1.82, 2.24) is 0 Å². The van der Waals surface area contributed by atoms with Crippen molar-refractivity contribution in [2.24, 2.45) is 0 Å². The van der Waals surface area contributed by atoms with Crippen LogP contribution in [-0.2, 0) is 19.6 Å². The number of hydrogen-bond donors (Lipinski definition) is 0. The van der Waals surface area contributed by atoms with Gasteiger partial charge in [-0.2, -0.15) is 0 Å². The summed E-state index contributed by atoms with van der Waals surface area (Å²) in [5.41, 5.74) is 2.10. The molecule has 0 aromatic heterocycles. The summed E-state index contributed by atoms with van der Waals surface area (Å²) >= 11 is 0. The number of benzene rings is 2. The monoisotopic (exact) mass is 470 g/mol. The highest BCUT2D eigenvalue weighted by molar-refractivity contribution is 5.90. The van der Waals surface area contributed by atoms with Crippen LogP contribution in [0.15, 0.2) is 54.6 Å². The lowest BCUT2D eigenvalue weighted by Crippen LogP contribution is -2.12. The number of carbonyl (C=O) groups is 2. The molecule has 0 amide bonds. The van der Waals surface area contributed by atoms with Crippen molar-refractivity contribution in [2.45, 2.75) is 84.0 Å². The normalized spacial score (nSPS) is 10.6. The lowest BCUT2D eigenvalue weighted by atomic mass is 10.0. The van der Waals surface area contributed by atoms with Gasteiger partial charge in [0.1, 0.15) is 0 Å². The highest BCUT2D eigenvalue weighted by atomic mass is 17.5. The molecule has 2 rings (SSSR count). The second kappa shape index (κ2) is 17.6. The Bertz CT molecular complexity index is 821. The van der Waals surface area contributed by atoms with Crippen LogP contribution < -0.4 is 0 Å². The molecule has 0 heterocycles. The summed E-state index contributed by atoms with van der Waals surface area (Å²) in [6.07, 6.45) is 13.7. The third kappa shape index (κ3) is 11.8. The Morgan fingerprint density at radius 3 is 1.88 bits per heavy atom. The third-order valence-electron chi connectivity index (χ3n) is 5.63. The first-order valence-corrected chi connectivity index (χ1v) is 12.6. The molecule has 6 heteroatoms. The Hall–Kier alpha value is -2.86. The van der Waals surface area contributed by atoms with Crippen LogP contribution >= 0.6 is 0 Å². The molecular formula is C28H38O6. The first-order chi connectivity index (χ1) is 16.7. The molecule has 0 radical (unpaired) electrons. The Kier molecular flexibility index (Phi) is 14.2. The van der Waals surface area contributed by atoms with Crippen LogP contribution in [0.1, 0.15) is 94.3 Å². The van der Waals surface area contributed by atoms with Crippen LogP contribution in [0, 0.1) is 0 Å². The molecule has 0 fully saturated rings. The van der Waals surface area contributed by atoms with Crippen molar-refractivity contribution in [3.05, 3.63) is 60.2 Å². The molecule has 0 aliphatic carbocycles. The Morgan fingerprint density at radius 2 is 1.24 bits per heavy atom. The van der Waals surface area contributed by atoms with Crippen LogP contribution in [0.4, 0.5) is 4.79 Å². The maximum Gasteiger partial charge on any atom is 0.543 e. The van der Waals surface area contributed by atoms with Crippen LogP contribution in [0.25, 0.3) is 11.1 Å². The van der Waals surface area contributed by atoms with E-state index in [4.69, 9.17) is 4.74 Å². The maximum atomic E-state index is 12.1. The molecule has 0 aliphatic heterocycles. The lowest BCUT2D eigenvalue weighted by Gasteiger charge is -2.06. The number of unbranched alkanes of at least 4 members (excludes halogenated alkanes) is 11. The van der Waals surface area contributed by atoms with Gasteiger partial charge >= 0.3 is 12.1 Å². The lowest BCUT2D eigenvalue weighted by molar-refractivity contribution is -0.452. The van der Waals surface area contributed by atoms with Crippen LogP contribution in [0.2, 0.25) is 0 Å². The zero-order chi connectivity index (χ0) is 24.3. The van der Waals surface area contributed by atoms with Gasteiger partial charge in [-0.25, -0.2) is 14.5 Å². The quantitative estimate of drug-likeness (QED) is 0.100. The molecule has 0 bridgehead atoms. The largest absolute Gasteiger partial charge is 0.543 e. The molecule has 186 valence electrons. The van der Waals surface area contributed by atoms with Gasteiger partial charge in [-0.15, -0.1) is 0 Å². The van der Waals surface area contributed by atoms with E-state index >= 15 is 0 Å². The average Bonchev–Trinajstić information content (AvgIpc) is 2.87. The smallest absolute Gasteiger partial charge is 0.432 e. The molecule has 34 heavy (non-hydrogen) atoms. The highest BCUT2D eigenvalue weighted by Crippen LogP contribution is 2.20. The SMILES string of the molecule is CCCCCCCCCCCCCCOC(=O)OOOC(=O)c1cccc(-c2ccccc2)c1. The van der Waals surface area contributed by atoms with Gasteiger partial charge in [0.25, 0.3) is 0 Å². The van der Waals surface area contributed by atoms with E-state index < -0.39 is 12.1 Å². The summed E-state index contributed by atoms with van der Waals surface area (Å²) in [7, 11) is 0. The zero-order valence-electron chi connectivity index (χ0n) is 20.3. The number of rotatable bonds is 17. The van der Waals surface area contributed by atoms with Gasteiger partial charge in [-0.05, 0) is 29.7 Å². The minimum atomic E-state index is -1.03. The highest BCUT2D eigenvalue weighted by Gasteiger charge is 2.13. The topological polar surface area (TPSA) is 71.1 Å². The van der Waals surface area contributed by atoms with E-state index in [0.717, 1.165) is 30.4 Å². The molecule has 0 unspecified atom stereocenters. The van der Waals surface area contributed by atoms with Gasteiger partial charge in [0.15, 0.2) is 0 Å². The first-order valence-electron chi connectivity index (χ1n) is 12.6. The molecule has 0 atom stereocenters. The van der Waals surface area contributed by atoms with Crippen molar-refractivity contribution in [2.75, 3.05) is 6.61 Å². The van der Waals surface area contributed by atoms with Gasteiger partial charge in [-0.1, -0.05) is 120 Å². The van der Waals surface area contributed by atoms with E-state index in [1.165, 1.54) is 57.8 Å².